The quantitative estimate of drug-likeness (QED) is 0.628. The van der Waals surface area contributed by atoms with E-state index >= 15 is 0 Å². The van der Waals surface area contributed by atoms with E-state index < -0.39 is 0 Å². The van der Waals surface area contributed by atoms with Gasteiger partial charge in [-0.3, -0.25) is 0 Å². The van der Waals surface area contributed by atoms with Crippen molar-refractivity contribution in [1.82, 2.24) is 0 Å². The van der Waals surface area contributed by atoms with Crippen molar-refractivity contribution in [3.8, 4) is 17.2 Å². The molecule has 0 radical (unpaired) electrons. The number of aryl methyl sites for hydroxylation is 1. The summed E-state index contributed by atoms with van der Waals surface area (Å²) in [4.78, 5) is 0. The molecule has 1 aromatic carbocycles. The summed E-state index contributed by atoms with van der Waals surface area (Å²) in [6.07, 6.45) is 0. The molecular formula is C9H12O3. The van der Waals surface area contributed by atoms with Gasteiger partial charge >= 0.3 is 0 Å². The minimum absolute atomic E-state index is 0.0756. The average Bonchev–Trinajstić information content (AvgIpc) is 2.08. The van der Waals surface area contributed by atoms with Crippen LogP contribution in [0.25, 0.3) is 0 Å². The Morgan fingerprint density at radius 3 is 2.25 bits per heavy atom. The molecule has 3 nitrogen and oxygen atoms in total. The lowest BCUT2D eigenvalue weighted by atomic mass is 10.1. The number of rotatable bonds is 1. The molecular weight excluding hydrogens is 156 g/mol. The van der Waals surface area contributed by atoms with Gasteiger partial charge in [-0.2, -0.15) is 0 Å². The van der Waals surface area contributed by atoms with Crippen molar-refractivity contribution in [1.29, 1.82) is 0 Å². The lowest BCUT2D eigenvalue weighted by Gasteiger charge is -2.09. The summed E-state index contributed by atoms with van der Waals surface area (Å²) >= 11 is 0. The van der Waals surface area contributed by atoms with Crippen LogP contribution in [0.15, 0.2) is 6.07 Å². The van der Waals surface area contributed by atoms with E-state index in [1.807, 2.05) is 0 Å². The maximum Gasteiger partial charge on any atom is 0.164 e. The van der Waals surface area contributed by atoms with E-state index in [0.29, 0.717) is 16.9 Å². The van der Waals surface area contributed by atoms with Crippen LogP contribution in [0.2, 0.25) is 0 Å². The maximum atomic E-state index is 9.37. The van der Waals surface area contributed by atoms with E-state index in [2.05, 4.69) is 0 Å². The third kappa shape index (κ3) is 1.18. The minimum atomic E-state index is -0.105. The summed E-state index contributed by atoms with van der Waals surface area (Å²) in [6, 6.07) is 1.68. The molecule has 2 N–H and O–H groups in total. The standard InChI is InChI=1S/C9H12O3/c1-5-4-7(12-3)6(2)9(11)8(5)10/h4,10-11H,1-3H3. The highest BCUT2D eigenvalue weighted by atomic mass is 16.5. The largest absolute Gasteiger partial charge is 0.504 e. The highest BCUT2D eigenvalue weighted by molar-refractivity contribution is 5.55. The van der Waals surface area contributed by atoms with Gasteiger partial charge < -0.3 is 14.9 Å². The molecule has 0 bridgehead atoms. The molecule has 0 atom stereocenters. The molecule has 0 amide bonds. The van der Waals surface area contributed by atoms with Crippen LogP contribution in [0.5, 0.6) is 17.2 Å². The Hall–Kier alpha value is -1.38. The van der Waals surface area contributed by atoms with E-state index in [9.17, 15) is 10.2 Å². The van der Waals surface area contributed by atoms with Crippen LogP contribution in [0.1, 0.15) is 11.1 Å². The Kier molecular flexibility index (Phi) is 2.13. The topological polar surface area (TPSA) is 49.7 Å². The molecule has 1 aromatic rings. The van der Waals surface area contributed by atoms with Crippen molar-refractivity contribution in [3.05, 3.63) is 17.2 Å². The minimum Gasteiger partial charge on any atom is -0.504 e. The van der Waals surface area contributed by atoms with Gasteiger partial charge in [-0.15, -0.1) is 0 Å². The van der Waals surface area contributed by atoms with Crippen molar-refractivity contribution in [3.63, 3.8) is 0 Å². The first kappa shape index (κ1) is 8.71. The summed E-state index contributed by atoms with van der Waals surface area (Å²) in [5, 5.41) is 18.7. The molecule has 66 valence electrons. The Bertz CT molecular complexity index is 305. The molecule has 0 saturated carbocycles. The summed E-state index contributed by atoms with van der Waals surface area (Å²) < 4.78 is 4.99. The van der Waals surface area contributed by atoms with Gasteiger partial charge in [0.1, 0.15) is 5.75 Å². The molecule has 12 heavy (non-hydrogen) atoms. The molecule has 1 rings (SSSR count). The van der Waals surface area contributed by atoms with Gasteiger partial charge in [-0.1, -0.05) is 0 Å². The second kappa shape index (κ2) is 2.93. The number of methoxy groups -OCH3 is 1. The summed E-state index contributed by atoms with van der Waals surface area (Å²) in [5.74, 6) is 0.406. The van der Waals surface area contributed by atoms with Gasteiger partial charge in [0.15, 0.2) is 11.5 Å². The van der Waals surface area contributed by atoms with Crippen molar-refractivity contribution in [2.75, 3.05) is 7.11 Å². The molecule has 0 heterocycles. The number of benzene rings is 1. The van der Waals surface area contributed by atoms with Gasteiger partial charge in [0.25, 0.3) is 0 Å². The lowest BCUT2D eigenvalue weighted by Crippen LogP contribution is -1.89. The second-order valence-electron chi connectivity index (χ2n) is 2.72. The number of aromatic hydroxyl groups is 2. The fraction of sp³-hybridized carbons (Fsp3) is 0.333. The van der Waals surface area contributed by atoms with Crippen LogP contribution >= 0.6 is 0 Å². The van der Waals surface area contributed by atoms with Gasteiger partial charge in [0.05, 0.1) is 7.11 Å². The first-order valence-electron chi connectivity index (χ1n) is 3.64. The highest BCUT2D eigenvalue weighted by Crippen LogP contribution is 2.37. The predicted molar refractivity (Wildman–Crippen MR) is 45.8 cm³/mol. The number of ether oxygens (including phenoxy) is 1. The Morgan fingerprint density at radius 1 is 1.17 bits per heavy atom. The van der Waals surface area contributed by atoms with Crippen molar-refractivity contribution >= 4 is 0 Å². The normalized spacial score (nSPS) is 9.92. The average molecular weight is 168 g/mol. The van der Waals surface area contributed by atoms with E-state index in [0.717, 1.165) is 0 Å². The molecule has 0 spiro atoms. The van der Waals surface area contributed by atoms with Crippen LogP contribution in [-0.4, -0.2) is 17.3 Å². The first-order chi connectivity index (χ1) is 5.57. The predicted octanol–water partition coefficient (Wildman–Crippen LogP) is 1.72. The molecule has 0 aliphatic rings. The van der Waals surface area contributed by atoms with Gasteiger partial charge in [-0.25, -0.2) is 0 Å². The summed E-state index contributed by atoms with van der Waals surface area (Å²) in [6.45, 7) is 3.39. The first-order valence-corrected chi connectivity index (χ1v) is 3.64. The maximum absolute atomic E-state index is 9.37. The number of hydrogen-bond acceptors (Lipinski definition) is 3. The summed E-state index contributed by atoms with van der Waals surface area (Å²) in [7, 11) is 1.53. The lowest BCUT2D eigenvalue weighted by molar-refractivity contribution is 0.379. The third-order valence-electron chi connectivity index (χ3n) is 1.89. The van der Waals surface area contributed by atoms with Crippen LogP contribution in [0.3, 0.4) is 0 Å². The zero-order chi connectivity index (χ0) is 9.30. The van der Waals surface area contributed by atoms with Crippen LogP contribution in [0, 0.1) is 13.8 Å². The zero-order valence-electron chi connectivity index (χ0n) is 7.38. The monoisotopic (exact) mass is 168 g/mol. The number of hydrogen-bond donors (Lipinski definition) is 2. The number of phenols is 2. The molecule has 0 aliphatic carbocycles. The number of phenolic OH excluding ortho intramolecular Hbond substituents is 2. The Labute approximate surface area is 71.2 Å². The van der Waals surface area contributed by atoms with E-state index in [1.165, 1.54) is 7.11 Å². The molecule has 0 aliphatic heterocycles. The van der Waals surface area contributed by atoms with Crippen molar-refractivity contribution in [2.45, 2.75) is 13.8 Å². The Morgan fingerprint density at radius 2 is 1.75 bits per heavy atom. The van der Waals surface area contributed by atoms with Crippen LogP contribution in [0.4, 0.5) is 0 Å². The molecule has 0 saturated heterocycles. The van der Waals surface area contributed by atoms with Crippen molar-refractivity contribution < 1.29 is 14.9 Å². The molecule has 0 aromatic heterocycles. The van der Waals surface area contributed by atoms with Gasteiger partial charge in [0.2, 0.25) is 0 Å². The SMILES string of the molecule is COc1cc(C)c(O)c(O)c1C. The molecule has 0 fully saturated rings. The van der Waals surface area contributed by atoms with E-state index in [4.69, 9.17) is 4.74 Å². The zero-order valence-corrected chi connectivity index (χ0v) is 7.38. The Balaban J connectivity index is 3.39. The fourth-order valence-corrected chi connectivity index (χ4v) is 1.07. The van der Waals surface area contributed by atoms with Crippen LogP contribution in [-0.2, 0) is 0 Å². The second-order valence-corrected chi connectivity index (χ2v) is 2.72. The van der Waals surface area contributed by atoms with E-state index in [-0.39, 0.29) is 11.5 Å². The van der Waals surface area contributed by atoms with E-state index in [1.54, 1.807) is 19.9 Å². The van der Waals surface area contributed by atoms with Gasteiger partial charge in [-0.05, 0) is 25.5 Å². The van der Waals surface area contributed by atoms with Gasteiger partial charge in [0, 0.05) is 5.56 Å². The van der Waals surface area contributed by atoms with Crippen molar-refractivity contribution in [2.24, 2.45) is 0 Å². The highest BCUT2D eigenvalue weighted by Gasteiger charge is 2.11. The third-order valence-corrected chi connectivity index (χ3v) is 1.89. The smallest absolute Gasteiger partial charge is 0.164 e. The summed E-state index contributed by atoms with van der Waals surface area (Å²) in [5.41, 5.74) is 1.16. The fourth-order valence-electron chi connectivity index (χ4n) is 1.07. The van der Waals surface area contributed by atoms with Crippen LogP contribution < -0.4 is 4.74 Å². The molecule has 0 unspecified atom stereocenters. The molecule has 3 heteroatoms.